The van der Waals surface area contributed by atoms with Gasteiger partial charge < -0.3 is 10.6 Å². The van der Waals surface area contributed by atoms with E-state index in [1.165, 1.54) is 31.8 Å². The highest BCUT2D eigenvalue weighted by atomic mass is 35.5. The first-order valence-electron chi connectivity index (χ1n) is 7.48. The predicted molar refractivity (Wildman–Crippen MR) is 108 cm³/mol. The SMILES string of the molecule is Cc1ccc(NC(=S)Nc2ccc(Cl)c(S(=O)(=O)N(C)C)c2)cc1C. The fraction of sp³-hybridized carbons (Fsp3) is 0.235. The number of benzene rings is 2. The van der Waals surface area contributed by atoms with Crippen molar-refractivity contribution in [2.45, 2.75) is 18.7 Å². The van der Waals surface area contributed by atoms with Gasteiger partial charge in [-0.3, -0.25) is 0 Å². The largest absolute Gasteiger partial charge is 0.332 e. The van der Waals surface area contributed by atoms with Gasteiger partial charge in [-0.2, -0.15) is 0 Å². The molecule has 0 aliphatic carbocycles. The predicted octanol–water partition coefficient (Wildman–Crippen LogP) is 4.02. The van der Waals surface area contributed by atoms with Crippen molar-refractivity contribution in [3.63, 3.8) is 0 Å². The summed E-state index contributed by atoms with van der Waals surface area (Å²) in [7, 11) is -0.725. The highest BCUT2D eigenvalue weighted by molar-refractivity contribution is 7.89. The zero-order valence-corrected chi connectivity index (χ0v) is 16.8. The molecule has 0 amide bonds. The van der Waals surface area contributed by atoms with Crippen molar-refractivity contribution < 1.29 is 8.42 Å². The second-order valence-electron chi connectivity index (χ2n) is 5.81. The van der Waals surface area contributed by atoms with Gasteiger partial charge in [0.25, 0.3) is 0 Å². The highest BCUT2D eigenvalue weighted by Crippen LogP contribution is 2.27. The molecule has 2 aromatic rings. The van der Waals surface area contributed by atoms with Gasteiger partial charge in [0, 0.05) is 25.5 Å². The number of sulfonamides is 1. The number of hydrogen-bond donors (Lipinski definition) is 2. The van der Waals surface area contributed by atoms with Gasteiger partial charge in [0.1, 0.15) is 4.90 Å². The zero-order valence-electron chi connectivity index (χ0n) is 14.4. The molecule has 2 aromatic carbocycles. The van der Waals surface area contributed by atoms with Crippen molar-refractivity contribution >= 4 is 50.3 Å². The Hall–Kier alpha value is -1.67. The Morgan fingerprint density at radius 3 is 2.12 bits per heavy atom. The monoisotopic (exact) mass is 397 g/mol. The van der Waals surface area contributed by atoms with E-state index in [-0.39, 0.29) is 9.92 Å². The molecule has 0 aliphatic rings. The summed E-state index contributed by atoms with van der Waals surface area (Å²) >= 11 is 11.3. The van der Waals surface area contributed by atoms with Gasteiger partial charge in [-0.15, -0.1) is 0 Å². The van der Waals surface area contributed by atoms with Gasteiger partial charge in [-0.25, -0.2) is 12.7 Å². The highest BCUT2D eigenvalue weighted by Gasteiger charge is 2.21. The Labute approximate surface area is 159 Å². The van der Waals surface area contributed by atoms with E-state index in [0.717, 1.165) is 15.6 Å². The molecule has 2 rings (SSSR count). The molecule has 2 N–H and O–H groups in total. The Morgan fingerprint density at radius 2 is 1.56 bits per heavy atom. The molecule has 134 valence electrons. The van der Waals surface area contributed by atoms with Crippen LogP contribution in [0, 0.1) is 13.8 Å². The summed E-state index contributed by atoms with van der Waals surface area (Å²) < 4.78 is 25.7. The van der Waals surface area contributed by atoms with Crippen LogP contribution in [0.2, 0.25) is 5.02 Å². The molecule has 0 radical (unpaired) electrons. The van der Waals surface area contributed by atoms with Crippen LogP contribution < -0.4 is 10.6 Å². The molecular weight excluding hydrogens is 378 g/mol. The van der Waals surface area contributed by atoms with Crippen LogP contribution in [0.4, 0.5) is 11.4 Å². The smallest absolute Gasteiger partial charge is 0.244 e. The third kappa shape index (κ3) is 4.70. The Morgan fingerprint density at radius 1 is 1.00 bits per heavy atom. The molecule has 0 aliphatic heterocycles. The van der Waals surface area contributed by atoms with Gasteiger partial charge in [-0.1, -0.05) is 17.7 Å². The minimum Gasteiger partial charge on any atom is -0.332 e. The van der Waals surface area contributed by atoms with Crippen molar-refractivity contribution in [3.05, 3.63) is 52.5 Å². The molecule has 0 saturated heterocycles. The number of aryl methyl sites for hydroxylation is 2. The van der Waals surface area contributed by atoms with Gasteiger partial charge in [0.2, 0.25) is 10.0 Å². The van der Waals surface area contributed by atoms with Gasteiger partial charge >= 0.3 is 0 Å². The average molecular weight is 398 g/mol. The van der Waals surface area contributed by atoms with E-state index in [2.05, 4.69) is 10.6 Å². The van der Waals surface area contributed by atoms with Crippen LogP contribution in [0.15, 0.2) is 41.3 Å². The van der Waals surface area contributed by atoms with Crippen molar-refractivity contribution in [1.29, 1.82) is 0 Å². The summed E-state index contributed by atoms with van der Waals surface area (Å²) in [6.45, 7) is 4.06. The van der Waals surface area contributed by atoms with Crippen molar-refractivity contribution in [3.8, 4) is 0 Å². The normalized spacial score (nSPS) is 11.4. The first-order chi connectivity index (χ1) is 11.6. The fourth-order valence-electron chi connectivity index (χ4n) is 2.09. The summed E-state index contributed by atoms with van der Waals surface area (Å²) in [6, 6.07) is 10.6. The van der Waals surface area contributed by atoms with E-state index in [1.807, 2.05) is 32.0 Å². The van der Waals surface area contributed by atoms with Gasteiger partial charge in [0.05, 0.1) is 5.02 Å². The Kier molecular flexibility index (Phi) is 6.05. The first-order valence-corrected chi connectivity index (χ1v) is 9.71. The van der Waals surface area contributed by atoms with Crippen molar-refractivity contribution in [2.24, 2.45) is 0 Å². The summed E-state index contributed by atoms with van der Waals surface area (Å²) in [5.41, 5.74) is 3.74. The molecule has 0 unspecified atom stereocenters. The van der Waals surface area contributed by atoms with Crippen molar-refractivity contribution in [2.75, 3.05) is 24.7 Å². The molecule has 5 nitrogen and oxygen atoms in total. The first kappa shape index (κ1) is 19.7. The van der Waals surface area contributed by atoms with Crippen LogP contribution in [0.25, 0.3) is 0 Å². The number of anilines is 2. The lowest BCUT2D eigenvalue weighted by atomic mass is 10.1. The van der Waals surface area contributed by atoms with Crippen LogP contribution in [-0.2, 0) is 10.0 Å². The quantitative estimate of drug-likeness (QED) is 0.763. The zero-order chi connectivity index (χ0) is 18.8. The molecule has 0 fully saturated rings. The fourth-order valence-corrected chi connectivity index (χ4v) is 3.72. The maximum absolute atomic E-state index is 12.3. The molecule has 25 heavy (non-hydrogen) atoms. The van der Waals surface area contributed by atoms with E-state index in [9.17, 15) is 8.42 Å². The Balaban J connectivity index is 2.20. The second-order valence-corrected chi connectivity index (χ2v) is 8.75. The Bertz CT molecular complexity index is 912. The molecule has 8 heteroatoms. The molecule has 0 aromatic heterocycles. The molecule has 0 atom stereocenters. The third-order valence-electron chi connectivity index (χ3n) is 3.71. The molecule has 0 spiro atoms. The van der Waals surface area contributed by atoms with Crippen LogP contribution >= 0.6 is 23.8 Å². The van der Waals surface area contributed by atoms with Crippen molar-refractivity contribution in [1.82, 2.24) is 4.31 Å². The summed E-state index contributed by atoms with van der Waals surface area (Å²) in [4.78, 5) is 0.0261. The summed E-state index contributed by atoms with van der Waals surface area (Å²) in [6.07, 6.45) is 0. The van der Waals surface area contributed by atoms with Gasteiger partial charge in [0.15, 0.2) is 5.11 Å². The molecule has 0 saturated carbocycles. The standard InChI is InChI=1S/C17H20ClN3O2S2/c1-11-5-6-13(9-12(11)2)19-17(24)20-14-7-8-15(18)16(10-14)25(22,23)21(3)4/h5-10H,1-4H3,(H2,19,20,24). The van der Waals surface area contributed by atoms with Gasteiger partial charge in [-0.05, 0) is 67.5 Å². The maximum Gasteiger partial charge on any atom is 0.244 e. The van der Waals surface area contributed by atoms with E-state index in [4.69, 9.17) is 23.8 Å². The minimum absolute atomic E-state index is 0.0261. The number of nitrogens with one attached hydrogen (secondary N) is 2. The summed E-state index contributed by atoms with van der Waals surface area (Å²) in [5.74, 6) is 0. The lowest BCUT2D eigenvalue weighted by Gasteiger charge is -2.15. The summed E-state index contributed by atoms with van der Waals surface area (Å²) in [5, 5.41) is 6.58. The average Bonchev–Trinajstić information content (AvgIpc) is 2.52. The number of rotatable bonds is 4. The topological polar surface area (TPSA) is 61.4 Å². The van der Waals surface area contributed by atoms with Crippen LogP contribution in [0.1, 0.15) is 11.1 Å². The van der Waals surface area contributed by atoms with E-state index in [0.29, 0.717) is 10.8 Å². The molecular formula is C17H20ClN3O2S2. The van der Waals surface area contributed by atoms with E-state index < -0.39 is 10.0 Å². The molecule has 0 heterocycles. The second kappa shape index (κ2) is 7.70. The number of halogens is 1. The van der Waals surface area contributed by atoms with Crippen LogP contribution in [0.3, 0.4) is 0 Å². The lowest BCUT2D eigenvalue weighted by Crippen LogP contribution is -2.23. The van der Waals surface area contributed by atoms with Crippen LogP contribution in [-0.4, -0.2) is 31.9 Å². The van der Waals surface area contributed by atoms with Crippen LogP contribution in [0.5, 0.6) is 0 Å². The lowest BCUT2D eigenvalue weighted by molar-refractivity contribution is 0.521. The number of nitrogens with zero attached hydrogens (tertiary/aromatic N) is 1. The number of hydrogen-bond acceptors (Lipinski definition) is 3. The van der Waals surface area contributed by atoms with E-state index >= 15 is 0 Å². The molecule has 0 bridgehead atoms. The third-order valence-corrected chi connectivity index (χ3v) is 6.21. The number of thiocarbonyl (C=S) groups is 1. The minimum atomic E-state index is -3.64. The maximum atomic E-state index is 12.3. The van der Waals surface area contributed by atoms with E-state index in [1.54, 1.807) is 6.07 Å².